The first-order chi connectivity index (χ1) is 12.5. The summed E-state index contributed by atoms with van der Waals surface area (Å²) in [6, 6.07) is 0. The number of esters is 1. The predicted octanol–water partition coefficient (Wildman–Crippen LogP) is 2.53. The average Bonchev–Trinajstić information content (AvgIpc) is 2.64. The van der Waals surface area contributed by atoms with Gasteiger partial charge in [-0.05, 0) is 33.4 Å². The highest BCUT2D eigenvalue weighted by atomic mass is 19.2. The minimum atomic E-state index is -0.332. The van der Waals surface area contributed by atoms with Crippen LogP contribution in [0.15, 0.2) is 53.3 Å². The van der Waals surface area contributed by atoms with Gasteiger partial charge in [0.05, 0.1) is 0 Å². The number of ether oxygens (including phenoxy) is 2. The number of nitrogens with two attached hydrogens (primary N) is 2. The van der Waals surface area contributed by atoms with Crippen molar-refractivity contribution in [2.24, 2.45) is 16.5 Å². The van der Waals surface area contributed by atoms with Crippen LogP contribution in [0, 0.1) is 0 Å². The van der Waals surface area contributed by atoms with Crippen LogP contribution < -0.4 is 17.0 Å². The Labute approximate surface area is 156 Å². The van der Waals surface area contributed by atoms with E-state index in [4.69, 9.17) is 15.2 Å². The first-order valence-corrected chi connectivity index (χ1v) is 8.00. The summed E-state index contributed by atoms with van der Waals surface area (Å²) < 4.78 is 21.1. The van der Waals surface area contributed by atoms with Gasteiger partial charge in [0, 0.05) is 32.8 Å². The largest absolute Gasteiger partial charge is 0.426 e. The molecule has 150 valence electrons. The minimum absolute atomic E-state index is 0.184. The van der Waals surface area contributed by atoms with Gasteiger partial charge in [0.25, 0.3) is 0 Å². The molecule has 7 nitrogen and oxygen atoms in total. The van der Waals surface area contributed by atoms with Gasteiger partial charge < -0.3 is 20.9 Å². The fourth-order valence-electron chi connectivity index (χ4n) is 1.36. The van der Waals surface area contributed by atoms with Gasteiger partial charge in [0.1, 0.15) is 5.76 Å². The van der Waals surface area contributed by atoms with Gasteiger partial charge in [-0.25, -0.2) is 0 Å². The van der Waals surface area contributed by atoms with Crippen molar-refractivity contribution in [2.45, 2.75) is 27.2 Å². The van der Waals surface area contributed by atoms with Crippen LogP contribution >= 0.6 is 0 Å². The van der Waals surface area contributed by atoms with Crippen molar-refractivity contribution in [3.05, 3.63) is 48.3 Å². The molecule has 26 heavy (non-hydrogen) atoms. The van der Waals surface area contributed by atoms with Crippen LogP contribution in [0.4, 0.5) is 4.48 Å². The number of hydrogen-bond donors (Lipinski definition) is 3. The van der Waals surface area contributed by atoms with Crippen LogP contribution in [0.1, 0.15) is 27.2 Å². The molecule has 0 aliphatic carbocycles. The van der Waals surface area contributed by atoms with E-state index in [9.17, 15) is 9.28 Å². The number of hydrogen-bond acceptors (Lipinski definition) is 5. The highest BCUT2D eigenvalue weighted by Crippen LogP contribution is 2.11. The Morgan fingerprint density at radius 2 is 1.85 bits per heavy atom. The van der Waals surface area contributed by atoms with E-state index in [0.717, 1.165) is 12.0 Å². The lowest BCUT2D eigenvalue weighted by Gasteiger charge is -2.04. The smallest absolute Gasteiger partial charge is 0.308 e. The van der Waals surface area contributed by atoms with E-state index in [0.29, 0.717) is 18.9 Å². The zero-order valence-electron chi connectivity index (χ0n) is 16.4. The Kier molecular flexibility index (Phi) is 24.6. The number of halogens is 1. The van der Waals surface area contributed by atoms with E-state index in [1.54, 1.807) is 19.3 Å². The molecule has 0 saturated heterocycles. The van der Waals surface area contributed by atoms with E-state index in [1.165, 1.54) is 19.5 Å². The highest BCUT2D eigenvalue weighted by molar-refractivity contribution is 5.76. The summed E-state index contributed by atoms with van der Waals surface area (Å²) in [4.78, 5) is 14.4. The van der Waals surface area contributed by atoms with E-state index in [-0.39, 0.29) is 11.9 Å². The van der Waals surface area contributed by atoms with E-state index in [1.807, 2.05) is 32.1 Å². The Morgan fingerprint density at radius 1 is 1.27 bits per heavy atom. The summed E-state index contributed by atoms with van der Waals surface area (Å²) in [6.07, 6.45) is 9.65. The Bertz CT molecular complexity index is 487. The van der Waals surface area contributed by atoms with Crippen LogP contribution in [-0.2, 0) is 14.3 Å². The quantitative estimate of drug-likeness (QED) is 0.115. The number of rotatable bonds is 8. The predicted molar refractivity (Wildman–Crippen MR) is 106 cm³/mol. The number of allylic oxidation sites excluding steroid dienone is 6. The molecule has 0 amide bonds. The maximum absolute atomic E-state index is 11.4. The second-order valence-corrected chi connectivity index (χ2v) is 4.33. The molecule has 0 unspecified atom stereocenters. The number of aliphatic imine (C=N–C) groups is 1. The van der Waals surface area contributed by atoms with Crippen molar-refractivity contribution < 1.29 is 18.7 Å². The third kappa shape index (κ3) is 19.6. The van der Waals surface area contributed by atoms with Gasteiger partial charge in [-0.15, -0.1) is 4.48 Å². The molecule has 5 N–H and O–H groups in total. The van der Waals surface area contributed by atoms with Gasteiger partial charge in [-0.1, -0.05) is 30.9 Å². The number of carbonyl (C=O) groups excluding carboxylic acids is 1. The van der Waals surface area contributed by atoms with Crippen molar-refractivity contribution in [1.29, 1.82) is 0 Å². The zero-order valence-corrected chi connectivity index (χ0v) is 16.4. The third-order valence-corrected chi connectivity index (χ3v) is 2.31. The number of carbonyl (C=O) groups is 1. The molecule has 0 rings (SSSR count). The number of nitrogens with one attached hydrogen (secondary N) is 1. The van der Waals surface area contributed by atoms with Crippen molar-refractivity contribution in [1.82, 2.24) is 5.54 Å². The maximum Gasteiger partial charge on any atom is 0.308 e. The Hall–Kier alpha value is -2.45. The molecule has 0 fully saturated rings. The Balaban J connectivity index is -0.000000388. The lowest BCUT2D eigenvalue weighted by molar-refractivity contribution is -0.136. The molecule has 0 spiro atoms. The molecular weight excluding hydrogens is 339 g/mol. The van der Waals surface area contributed by atoms with Gasteiger partial charge in [0.2, 0.25) is 5.96 Å². The number of methoxy groups -OCH3 is 1. The van der Waals surface area contributed by atoms with Crippen LogP contribution in [0.2, 0.25) is 0 Å². The van der Waals surface area contributed by atoms with Crippen LogP contribution in [0.5, 0.6) is 0 Å². The summed E-state index contributed by atoms with van der Waals surface area (Å²) in [6.45, 7) is 9.88. The lowest BCUT2D eigenvalue weighted by atomic mass is 10.2. The summed E-state index contributed by atoms with van der Waals surface area (Å²) >= 11 is 0. The second-order valence-electron chi connectivity index (χ2n) is 4.33. The van der Waals surface area contributed by atoms with Crippen molar-refractivity contribution in [2.75, 3.05) is 27.3 Å². The fraction of sp³-hybridized carbons (Fsp3) is 0.444. The molecule has 0 aromatic carbocycles. The zero-order chi connectivity index (χ0) is 20.8. The number of nitrogens with zero attached hydrogens (tertiary/aromatic N) is 1. The van der Waals surface area contributed by atoms with E-state index >= 15 is 0 Å². The molecule has 0 heterocycles. The molecule has 8 heteroatoms. The summed E-state index contributed by atoms with van der Waals surface area (Å²) in [7, 11) is 3.10. The minimum Gasteiger partial charge on any atom is -0.426 e. The molecule has 0 aliphatic heterocycles. The maximum atomic E-state index is 11.4. The normalized spacial score (nSPS) is 11.7. The standard InChI is InChI=1S/C12H16O2.C5H12FN3O.CH5N/c1-5-8-11(7-3)12(9-6-2)14-10(4)13;1-10-4-2-3-8-5(7)9-6;1-2/h5-9H,3H2,1-2,4H3;2-4H2,1H3,(H3,7,8,9);2H2,1H3/b8-5-,9-6-,12-11+;;. The molecule has 0 atom stereocenters. The molecule has 0 aliphatic rings. The highest BCUT2D eigenvalue weighted by Gasteiger charge is 2.01. The van der Waals surface area contributed by atoms with Gasteiger partial charge in [-0.2, -0.15) is 5.54 Å². The first-order valence-electron chi connectivity index (χ1n) is 8.00. The van der Waals surface area contributed by atoms with Crippen molar-refractivity contribution >= 4 is 11.9 Å². The summed E-state index contributed by atoms with van der Waals surface area (Å²) in [5, 5.41) is 0. The molecular formula is C18H33FN4O3. The second kappa shape index (κ2) is 22.6. The van der Waals surface area contributed by atoms with Gasteiger partial charge in [0.15, 0.2) is 0 Å². The topological polar surface area (TPSA) is 112 Å². The average molecular weight is 372 g/mol. The first kappa shape index (κ1) is 28.4. The van der Waals surface area contributed by atoms with E-state index < -0.39 is 0 Å². The van der Waals surface area contributed by atoms with Crippen LogP contribution in [0.25, 0.3) is 0 Å². The van der Waals surface area contributed by atoms with E-state index in [2.05, 4.69) is 17.3 Å². The fourth-order valence-corrected chi connectivity index (χ4v) is 1.36. The molecule has 0 radical (unpaired) electrons. The van der Waals surface area contributed by atoms with Gasteiger partial charge in [-0.3, -0.25) is 9.79 Å². The van der Waals surface area contributed by atoms with Gasteiger partial charge >= 0.3 is 5.97 Å². The van der Waals surface area contributed by atoms with Crippen LogP contribution in [0.3, 0.4) is 0 Å². The number of guanidine groups is 1. The Morgan fingerprint density at radius 3 is 2.23 bits per heavy atom. The molecule has 0 saturated carbocycles. The van der Waals surface area contributed by atoms with Crippen LogP contribution in [-0.4, -0.2) is 39.2 Å². The molecule has 0 aromatic heterocycles. The molecule has 0 aromatic rings. The lowest BCUT2D eigenvalue weighted by Crippen LogP contribution is -2.24. The summed E-state index contributed by atoms with van der Waals surface area (Å²) in [5.74, 6) is 0.00570. The van der Waals surface area contributed by atoms with Crippen molar-refractivity contribution in [3.8, 4) is 0 Å². The van der Waals surface area contributed by atoms with Crippen molar-refractivity contribution in [3.63, 3.8) is 0 Å². The molecule has 0 bridgehead atoms. The SMILES string of the molecule is C=CC(/C=C\C)=C(/C=C\C)OC(C)=O.CN.COCCCN=C(N)NF. The monoisotopic (exact) mass is 372 g/mol. The third-order valence-electron chi connectivity index (χ3n) is 2.31. The summed E-state index contributed by atoms with van der Waals surface area (Å²) in [5.41, 5.74) is 11.5.